The number of aldehydes is 1. The van der Waals surface area contributed by atoms with Gasteiger partial charge < -0.3 is 4.90 Å². The maximum atomic E-state index is 10.9. The summed E-state index contributed by atoms with van der Waals surface area (Å²) in [6.07, 6.45) is 0.918. The normalized spacial score (nSPS) is 10.4. The summed E-state index contributed by atoms with van der Waals surface area (Å²) in [6.45, 7) is 4.25. The first kappa shape index (κ1) is 10.8. The third-order valence-electron chi connectivity index (χ3n) is 2.33. The number of anilines is 1. The molecule has 1 aromatic carbocycles. The molecule has 0 N–H and O–H groups in total. The third-order valence-corrected chi connectivity index (χ3v) is 2.33. The molecule has 0 bridgehead atoms. The van der Waals surface area contributed by atoms with Gasteiger partial charge in [-0.15, -0.1) is 0 Å². The Labute approximate surface area is 85.5 Å². The van der Waals surface area contributed by atoms with Gasteiger partial charge in [-0.05, 0) is 23.6 Å². The number of carbonyl (C=O) groups is 1. The average Bonchev–Trinajstić information content (AvgIpc) is 2.16. The largest absolute Gasteiger partial charge is 0.377 e. The van der Waals surface area contributed by atoms with Crippen LogP contribution in [0.1, 0.15) is 35.7 Å². The molecule has 0 unspecified atom stereocenters. The Bertz CT molecular complexity index is 329. The average molecular weight is 191 g/mol. The van der Waals surface area contributed by atoms with Crippen LogP contribution >= 0.6 is 0 Å². The van der Waals surface area contributed by atoms with Crippen molar-refractivity contribution in [2.24, 2.45) is 0 Å². The van der Waals surface area contributed by atoms with Gasteiger partial charge in [-0.25, -0.2) is 0 Å². The first-order valence-corrected chi connectivity index (χ1v) is 4.82. The van der Waals surface area contributed by atoms with Crippen LogP contribution in [0, 0.1) is 0 Å². The van der Waals surface area contributed by atoms with Crippen molar-refractivity contribution in [3.63, 3.8) is 0 Å². The van der Waals surface area contributed by atoms with Crippen LogP contribution in [0.2, 0.25) is 0 Å². The fourth-order valence-corrected chi connectivity index (χ4v) is 1.43. The van der Waals surface area contributed by atoms with Crippen molar-refractivity contribution in [2.45, 2.75) is 19.8 Å². The lowest BCUT2D eigenvalue weighted by Gasteiger charge is -2.16. The summed E-state index contributed by atoms with van der Waals surface area (Å²) >= 11 is 0. The second kappa shape index (κ2) is 4.27. The van der Waals surface area contributed by atoms with E-state index in [1.165, 1.54) is 5.56 Å². The lowest BCUT2D eigenvalue weighted by molar-refractivity contribution is 0.112. The Morgan fingerprint density at radius 3 is 2.36 bits per heavy atom. The molecule has 0 fully saturated rings. The zero-order valence-corrected chi connectivity index (χ0v) is 9.24. The molecule has 0 aromatic heterocycles. The lowest BCUT2D eigenvalue weighted by atomic mass is 10.00. The first-order valence-electron chi connectivity index (χ1n) is 4.82. The van der Waals surface area contributed by atoms with Gasteiger partial charge in [0.15, 0.2) is 6.29 Å². The van der Waals surface area contributed by atoms with Gasteiger partial charge in [0.2, 0.25) is 0 Å². The number of benzene rings is 1. The van der Waals surface area contributed by atoms with Crippen LogP contribution in [-0.2, 0) is 0 Å². The highest BCUT2D eigenvalue weighted by atomic mass is 16.1. The van der Waals surface area contributed by atoms with Gasteiger partial charge in [0.05, 0.1) is 0 Å². The molecule has 14 heavy (non-hydrogen) atoms. The van der Waals surface area contributed by atoms with Crippen molar-refractivity contribution in [3.8, 4) is 0 Å². The van der Waals surface area contributed by atoms with E-state index >= 15 is 0 Å². The van der Waals surface area contributed by atoms with Crippen LogP contribution in [0.3, 0.4) is 0 Å². The SMILES string of the molecule is CC(C)c1ccc(N(C)C)c(C=O)c1. The van der Waals surface area contributed by atoms with Gasteiger partial charge >= 0.3 is 0 Å². The van der Waals surface area contributed by atoms with Crippen LogP contribution in [0.4, 0.5) is 5.69 Å². The Balaban J connectivity index is 3.18. The van der Waals surface area contributed by atoms with Crippen LogP contribution < -0.4 is 4.90 Å². The van der Waals surface area contributed by atoms with Gasteiger partial charge in [0.1, 0.15) is 0 Å². The topological polar surface area (TPSA) is 20.3 Å². The van der Waals surface area contributed by atoms with Gasteiger partial charge in [0.25, 0.3) is 0 Å². The highest BCUT2D eigenvalue weighted by molar-refractivity contribution is 5.84. The molecule has 0 aliphatic heterocycles. The molecule has 0 atom stereocenters. The molecule has 0 aliphatic carbocycles. The maximum Gasteiger partial charge on any atom is 0.152 e. The molecule has 2 heteroatoms. The van der Waals surface area contributed by atoms with E-state index in [1.54, 1.807) is 0 Å². The Morgan fingerprint density at radius 2 is 1.93 bits per heavy atom. The van der Waals surface area contributed by atoms with Crippen LogP contribution in [0.25, 0.3) is 0 Å². The molecular formula is C12H17NO. The van der Waals surface area contributed by atoms with E-state index < -0.39 is 0 Å². The van der Waals surface area contributed by atoms with Crippen molar-refractivity contribution in [2.75, 3.05) is 19.0 Å². The van der Waals surface area contributed by atoms with Crippen molar-refractivity contribution in [3.05, 3.63) is 29.3 Å². The van der Waals surface area contributed by atoms with E-state index in [0.717, 1.165) is 17.5 Å². The predicted molar refractivity (Wildman–Crippen MR) is 60.2 cm³/mol. The molecule has 0 amide bonds. The smallest absolute Gasteiger partial charge is 0.152 e. The Kier molecular flexibility index (Phi) is 3.28. The van der Waals surface area contributed by atoms with Gasteiger partial charge in [0, 0.05) is 25.3 Å². The van der Waals surface area contributed by atoms with Gasteiger partial charge in [-0.1, -0.05) is 19.9 Å². The molecule has 0 saturated heterocycles. The van der Waals surface area contributed by atoms with Crippen LogP contribution in [0.5, 0.6) is 0 Å². The number of rotatable bonds is 3. The summed E-state index contributed by atoms with van der Waals surface area (Å²) in [5.74, 6) is 0.463. The van der Waals surface area contributed by atoms with E-state index in [9.17, 15) is 4.79 Å². The molecule has 0 spiro atoms. The fourth-order valence-electron chi connectivity index (χ4n) is 1.43. The maximum absolute atomic E-state index is 10.9. The van der Waals surface area contributed by atoms with Gasteiger partial charge in [-0.3, -0.25) is 4.79 Å². The van der Waals surface area contributed by atoms with E-state index in [2.05, 4.69) is 19.9 Å². The highest BCUT2D eigenvalue weighted by Gasteiger charge is 2.06. The molecule has 0 aliphatic rings. The zero-order chi connectivity index (χ0) is 10.7. The molecule has 2 nitrogen and oxygen atoms in total. The summed E-state index contributed by atoms with van der Waals surface area (Å²) in [5.41, 5.74) is 2.95. The van der Waals surface area contributed by atoms with E-state index in [-0.39, 0.29) is 0 Å². The molecule has 1 rings (SSSR count). The monoisotopic (exact) mass is 191 g/mol. The lowest BCUT2D eigenvalue weighted by Crippen LogP contribution is -2.11. The summed E-state index contributed by atoms with van der Waals surface area (Å²) < 4.78 is 0. The molecule has 1 aromatic rings. The fraction of sp³-hybridized carbons (Fsp3) is 0.417. The quantitative estimate of drug-likeness (QED) is 0.685. The Hall–Kier alpha value is -1.31. The summed E-state index contributed by atoms with van der Waals surface area (Å²) in [6, 6.07) is 6.04. The number of nitrogens with zero attached hydrogens (tertiary/aromatic N) is 1. The molecule has 0 heterocycles. The minimum atomic E-state index is 0.463. The number of carbonyl (C=O) groups excluding carboxylic acids is 1. The zero-order valence-electron chi connectivity index (χ0n) is 9.24. The minimum absolute atomic E-state index is 0.463. The van der Waals surface area contributed by atoms with Gasteiger partial charge in [-0.2, -0.15) is 0 Å². The minimum Gasteiger partial charge on any atom is -0.377 e. The highest BCUT2D eigenvalue weighted by Crippen LogP contribution is 2.22. The van der Waals surface area contributed by atoms with Crippen molar-refractivity contribution < 1.29 is 4.79 Å². The van der Waals surface area contributed by atoms with E-state index in [0.29, 0.717) is 5.92 Å². The van der Waals surface area contributed by atoms with E-state index in [1.807, 2.05) is 31.1 Å². The Morgan fingerprint density at radius 1 is 1.29 bits per heavy atom. The third kappa shape index (κ3) is 2.13. The molecule has 0 saturated carbocycles. The number of hydrogen-bond donors (Lipinski definition) is 0. The summed E-state index contributed by atoms with van der Waals surface area (Å²) in [4.78, 5) is 12.8. The molecule has 0 radical (unpaired) electrons. The van der Waals surface area contributed by atoms with Crippen molar-refractivity contribution in [1.29, 1.82) is 0 Å². The number of hydrogen-bond acceptors (Lipinski definition) is 2. The van der Waals surface area contributed by atoms with Crippen LogP contribution in [0.15, 0.2) is 18.2 Å². The van der Waals surface area contributed by atoms with Crippen molar-refractivity contribution >= 4 is 12.0 Å². The van der Waals surface area contributed by atoms with E-state index in [4.69, 9.17) is 0 Å². The second-order valence-corrected chi connectivity index (χ2v) is 3.99. The standard InChI is InChI=1S/C12H17NO/c1-9(2)10-5-6-12(13(3)4)11(7-10)8-14/h5-9H,1-4H3. The molecular weight excluding hydrogens is 174 g/mol. The summed E-state index contributed by atoms with van der Waals surface area (Å²) in [5, 5.41) is 0. The summed E-state index contributed by atoms with van der Waals surface area (Å²) in [7, 11) is 3.88. The van der Waals surface area contributed by atoms with Crippen LogP contribution in [-0.4, -0.2) is 20.4 Å². The molecule has 76 valence electrons. The van der Waals surface area contributed by atoms with Crippen molar-refractivity contribution in [1.82, 2.24) is 0 Å². The second-order valence-electron chi connectivity index (χ2n) is 3.99. The first-order chi connectivity index (χ1) is 6.56. The predicted octanol–water partition coefficient (Wildman–Crippen LogP) is 2.69.